The molecule has 0 fully saturated rings. The molecule has 0 aliphatic heterocycles. The molecule has 0 bridgehead atoms. The van der Waals surface area contributed by atoms with Crippen molar-refractivity contribution < 1.29 is 56.6 Å². The molecular formula is C29H24NO6Y-. The second kappa shape index (κ2) is 11.0. The van der Waals surface area contributed by atoms with E-state index >= 15 is 0 Å². The van der Waals surface area contributed by atoms with Crippen LogP contribution < -0.4 is 10.9 Å². The number of carbonyl (C=O) groups excluding carboxylic acids is 2. The number of amides is 1. The molecule has 0 saturated carbocycles. The van der Waals surface area contributed by atoms with Crippen LogP contribution in [-0.4, -0.2) is 29.6 Å². The molecule has 1 atom stereocenters. The smallest absolute Gasteiger partial charge is 0.407 e. The first-order valence-corrected chi connectivity index (χ1v) is 11.6. The number of aryl methyl sites for hydroxylation is 1. The average Bonchev–Trinajstić information content (AvgIpc) is 3.17. The molecule has 0 spiro atoms. The molecule has 185 valence electrons. The summed E-state index contributed by atoms with van der Waals surface area (Å²) in [6, 6.07) is 20.7. The number of Topliss-reactive ketones (excluding diaryl/α,β-unsaturated/α-hetero) is 1. The minimum absolute atomic E-state index is 0. The summed E-state index contributed by atoms with van der Waals surface area (Å²) in [4.78, 5) is 37.2. The van der Waals surface area contributed by atoms with Gasteiger partial charge in [0.25, 0.3) is 0 Å². The summed E-state index contributed by atoms with van der Waals surface area (Å²) in [5, 5.41) is 13.1. The molecule has 2 N–H and O–H groups in total. The predicted molar refractivity (Wildman–Crippen MR) is 134 cm³/mol. The van der Waals surface area contributed by atoms with Crippen molar-refractivity contribution in [1.29, 1.82) is 0 Å². The quantitative estimate of drug-likeness (QED) is 0.258. The second-order valence-electron chi connectivity index (χ2n) is 8.97. The van der Waals surface area contributed by atoms with Crippen LogP contribution >= 0.6 is 0 Å². The second-order valence-corrected chi connectivity index (χ2v) is 8.97. The number of aromatic hydroxyl groups is 1. The zero-order valence-corrected chi connectivity index (χ0v) is 23.2. The molecule has 1 aromatic heterocycles. The molecule has 0 saturated heterocycles. The number of fused-ring (bicyclic) bond motifs is 4. The Morgan fingerprint density at radius 3 is 2.32 bits per heavy atom. The van der Waals surface area contributed by atoms with Crippen LogP contribution in [0.15, 0.2) is 69.9 Å². The largest absolute Gasteiger partial charge is 0.534 e. The van der Waals surface area contributed by atoms with Gasteiger partial charge < -0.3 is 19.6 Å². The number of alkyl carbamates (subject to hydrolysis) is 1. The van der Waals surface area contributed by atoms with Crippen molar-refractivity contribution in [3.63, 3.8) is 0 Å². The Morgan fingerprint density at radius 2 is 1.70 bits per heavy atom. The molecule has 0 unspecified atom stereocenters. The monoisotopic (exact) mass is 571 g/mol. The van der Waals surface area contributed by atoms with Crippen LogP contribution in [0.3, 0.4) is 0 Å². The maximum absolute atomic E-state index is 12.8. The van der Waals surface area contributed by atoms with Crippen LogP contribution in [0.25, 0.3) is 22.1 Å². The van der Waals surface area contributed by atoms with Gasteiger partial charge in [0.15, 0.2) is 5.78 Å². The SMILES string of the molecule is CC(=O)[C@H](Cc1cc(=O)oc2[c-]c(O)c(C)cc12)NC(=O)OCC1c2ccccc2-c2ccccc21.[Y]. The fourth-order valence-electron chi connectivity index (χ4n) is 4.76. The maximum atomic E-state index is 12.8. The van der Waals surface area contributed by atoms with E-state index in [0.29, 0.717) is 16.5 Å². The molecule has 1 heterocycles. The van der Waals surface area contributed by atoms with E-state index in [9.17, 15) is 19.5 Å². The Labute approximate surface area is 238 Å². The van der Waals surface area contributed by atoms with Crippen molar-refractivity contribution in [2.45, 2.75) is 32.2 Å². The van der Waals surface area contributed by atoms with Gasteiger partial charge in [0.05, 0.1) is 6.04 Å². The van der Waals surface area contributed by atoms with E-state index in [2.05, 4.69) is 23.5 Å². The number of phenolic OH excluding ortho intramolecular Hbond substituents is 1. The van der Waals surface area contributed by atoms with Crippen LogP contribution in [0.5, 0.6) is 5.75 Å². The summed E-state index contributed by atoms with van der Waals surface area (Å²) in [5.41, 5.74) is 4.91. The Bertz CT molecular complexity index is 1510. The van der Waals surface area contributed by atoms with Crippen molar-refractivity contribution in [3.05, 3.63) is 99.4 Å². The summed E-state index contributed by atoms with van der Waals surface area (Å²) >= 11 is 0. The van der Waals surface area contributed by atoms with E-state index in [-0.39, 0.29) is 68.8 Å². The zero-order chi connectivity index (χ0) is 25.4. The normalized spacial score (nSPS) is 12.8. The predicted octanol–water partition coefficient (Wildman–Crippen LogP) is 4.64. The van der Waals surface area contributed by atoms with Gasteiger partial charge in [-0.15, -0.1) is 5.56 Å². The Hall–Kier alpha value is -3.29. The van der Waals surface area contributed by atoms with Gasteiger partial charge in [-0.2, -0.15) is 6.07 Å². The summed E-state index contributed by atoms with van der Waals surface area (Å²) in [7, 11) is 0. The number of phenols is 1. The fraction of sp³-hybridized carbons (Fsp3) is 0.207. The molecule has 1 aliphatic carbocycles. The topological polar surface area (TPSA) is 106 Å². The molecule has 1 aliphatic rings. The molecular weight excluding hydrogens is 547 g/mol. The van der Waals surface area contributed by atoms with Gasteiger partial charge in [0.1, 0.15) is 6.61 Å². The van der Waals surface area contributed by atoms with Crippen molar-refractivity contribution in [2.75, 3.05) is 6.61 Å². The number of carbonyl (C=O) groups is 2. The number of rotatable bonds is 6. The Balaban J connectivity index is 0.00000320. The third-order valence-corrected chi connectivity index (χ3v) is 6.60. The minimum Gasteiger partial charge on any atom is -0.534 e. The molecule has 37 heavy (non-hydrogen) atoms. The first-order valence-electron chi connectivity index (χ1n) is 11.6. The molecule has 1 radical (unpaired) electrons. The summed E-state index contributed by atoms with van der Waals surface area (Å²) in [5.74, 6) is -0.514. The van der Waals surface area contributed by atoms with Crippen LogP contribution in [-0.2, 0) is 48.7 Å². The van der Waals surface area contributed by atoms with Crippen molar-refractivity contribution in [2.24, 2.45) is 0 Å². The van der Waals surface area contributed by atoms with E-state index in [1.54, 1.807) is 13.0 Å². The van der Waals surface area contributed by atoms with E-state index < -0.39 is 17.8 Å². The number of ether oxygens (including phenoxy) is 1. The van der Waals surface area contributed by atoms with E-state index in [4.69, 9.17) is 9.15 Å². The minimum atomic E-state index is -0.917. The van der Waals surface area contributed by atoms with Crippen molar-refractivity contribution >= 4 is 22.8 Å². The van der Waals surface area contributed by atoms with Crippen LogP contribution in [0.1, 0.15) is 35.1 Å². The van der Waals surface area contributed by atoms with Gasteiger partial charge in [-0.05, 0) is 35.6 Å². The maximum Gasteiger partial charge on any atom is 0.407 e. The average molecular weight is 571 g/mol. The summed E-state index contributed by atoms with van der Waals surface area (Å²) in [6.07, 6.45) is -0.663. The molecule has 8 heteroatoms. The van der Waals surface area contributed by atoms with Crippen LogP contribution in [0.2, 0.25) is 0 Å². The standard InChI is InChI=1S/C29H24NO6.Y/c1-16-11-23-18(13-28(33)36-27(23)14-26(16)32)12-25(17(2)31)30-29(34)35-15-24-21-9-5-3-7-19(21)20-8-4-6-10-22(20)24;/h3-11,13,24-25,32H,12,15H2,1-2H3,(H,30,34);/q-1;/t25-;/m0./s1. The Kier molecular flexibility index (Phi) is 7.95. The number of hydrogen-bond acceptors (Lipinski definition) is 6. The van der Waals surface area contributed by atoms with Gasteiger partial charge in [0, 0.05) is 56.0 Å². The molecule has 4 aromatic rings. The first-order chi connectivity index (χ1) is 17.3. The fourth-order valence-corrected chi connectivity index (χ4v) is 4.76. The van der Waals surface area contributed by atoms with Gasteiger partial charge in [-0.3, -0.25) is 4.79 Å². The third-order valence-electron chi connectivity index (χ3n) is 6.60. The molecule has 5 rings (SSSR count). The number of ketones is 1. The van der Waals surface area contributed by atoms with Gasteiger partial charge in [-0.1, -0.05) is 72.5 Å². The zero-order valence-electron chi connectivity index (χ0n) is 20.4. The molecule has 7 nitrogen and oxygen atoms in total. The van der Waals surface area contributed by atoms with E-state index in [1.807, 2.05) is 36.4 Å². The van der Waals surface area contributed by atoms with Crippen molar-refractivity contribution in [1.82, 2.24) is 5.32 Å². The number of hydrogen-bond donors (Lipinski definition) is 2. The first kappa shape index (κ1) is 26.8. The third kappa shape index (κ3) is 5.38. The summed E-state index contributed by atoms with van der Waals surface area (Å²) in [6.45, 7) is 3.18. The van der Waals surface area contributed by atoms with Crippen molar-refractivity contribution in [3.8, 4) is 16.9 Å². The number of nitrogens with one attached hydrogen (secondary N) is 1. The Morgan fingerprint density at radius 1 is 1.08 bits per heavy atom. The van der Waals surface area contributed by atoms with Gasteiger partial charge >= 0.3 is 11.7 Å². The molecule has 1 amide bonds. The van der Waals surface area contributed by atoms with E-state index in [1.165, 1.54) is 13.0 Å². The summed E-state index contributed by atoms with van der Waals surface area (Å²) < 4.78 is 10.7. The van der Waals surface area contributed by atoms with Gasteiger partial charge in [0.2, 0.25) is 0 Å². The van der Waals surface area contributed by atoms with Crippen LogP contribution in [0, 0.1) is 13.0 Å². The number of benzene rings is 3. The van der Waals surface area contributed by atoms with E-state index in [0.717, 1.165) is 22.3 Å². The van der Waals surface area contributed by atoms with Crippen LogP contribution in [0.4, 0.5) is 4.79 Å². The molecule has 3 aromatic carbocycles. The van der Waals surface area contributed by atoms with Gasteiger partial charge in [-0.25, -0.2) is 9.59 Å².